The Kier molecular flexibility index (Phi) is 6.64. The number of benzene rings is 2. The van der Waals surface area contributed by atoms with E-state index in [0.717, 1.165) is 24.1 Å². The summed E-state index contributed by atoms with van der Waals surface area (Å²) in [5.74, 6) is -0.655. The SMILES string of the molecule is CCOC(=O)C(Cc1cccc(C#N)c1)NS(=O)(=O)c1ccc2c(c1)CNCC2. The van der Waals surface area contributed by atoms with Crippen molar-refractivity contribution in [2.45, 2.75) is 37.2 Å². The second-order valence-corrected chi connectivity index (χ2v) is 8.51. The van der Waals surface area contributed by atoms with Gasteiger partial charge in [-0.25, -0.2) is 8.42 Å². The molecule has 7 nitrogen and oxygen atoms in total. The molecule has 1 atom stereocenters. The van der Waals surface area contributed by atoms with E-state index in [1.807, 2.05) is 12.1 Å². The maximum absolute atomic E-state index is 13.0. The van der Waals surface area contributed by atoms with E-state index < -0.39 is 22.0 Å². The third-order valence-corrected chi connectivity index (χ3v) is 6.21. The smallest absolute Gasteiger partial charge is 0.324 e. The van der Waals surface area contributed by atoms with Gasteiger partial charge in [-0.3, -0.25) is 4.79 Å². The maximum atomic E-state index is 13.0. The van der Waals surface area contributed by atoms with Crippen LogP contribution in [0.1, 0.15) is 29.2 Å². The number of rotatable bonds is 7. The number of ether oxygens (including phenoxy) is 1. The lowest BCUT2D eigenvalue weighted by molar-refractivity contribution is -0.145. The zero-order valence-electron chi connectivity index (χ0n) is 16.1. The molecule has 2 aromatic rings. The fourth-order valence-corrected chi connectivity index (χ4v) is 4.53. The minimum atomic E-state index is -3.94. The van der Waals surface area contributed by atoms with Gasteiger partial charge < -0.3 is 10.1 Å². The first-order valence-corrected chi connectivity index (χ1v) is 10.9. The highest BCUT2D eigenvalue weighted by Crippen LogP contribution is 2.20. The minimum Gasteiger partial charge on any atom is -0.465 e. The molecule has 0 bridgehead atoms. The standard InChI is InChI=1S/C21H23N3O4S/c1-2-28-21(25)20(11-15-4-3-5-16(10-15)13-22)24-29(26,27)19-7-6-17-8-9-23-14-18(17)12-19/h3-7,10,12,20,23-24H,2,8-9,11,14H2,1H3. The van der Waals surface area contributed by atoms with Crippen LogP contribution < -0.4 is 10.0 Å². The van der Waals surface area contributed by atoms with E-state index in [4.69, 9.17) is 10.00 Å². The topological polar surface area (TPSA) is 108 Å². The van der Waals surface area contributed by atoms with Crippen molar-refractivity contribution in [1.82, 2.24) is 10.0 Å². The first kappa shape index (κ1) is 21.0. The number of nitrogens with one attached hydrogen (secondary N) is 2. The number of carbonyl (C=O) groups is 1. The van der Waals surface area contributed by atoms with Gasteiger partial charge in [-0.1, -0.05) is 18.2 Å². The summed E-state index contributed by atoms with van der Waals surface area (Å²) in [7, 11) is -3.94. The summed E-state index contributed by atoms with van der Waals surface area (Å²) in [6, 6.07) is 12.7. The molecule has 1 aliphatic rings. The molecular weight excluding hydrogens is 390 g/mol. The second-order valence-electron chi connectivity index (χ2n) is 6.80. The average molecular weight is 413 g/mol. The monoisotopic (exact) mass is 413 g/mol. The lowest BCUT2D eigenvalue weighted by Crippen LogP contribution is -2.43. The molecule has 2 aromatic carbocycles. The Hall–Kier alpha value is -2.73. The number of hydrogen-bond donors (Lipinski definition) is 2. The Morgan fingerprint density at radius 2 is 2.10 bits per heavy atom. The van der Waals surface area contributed by atoms with Gasteiger partial charge in [0.2, 0.25) is 10.0 Å². The fraction of sp³-hybridized carbons (Fsp3) is 0.333. The number of esters is 1. The van der Waals surface area contributed by atoms with E-state index in [0.29, 0.717) is 17.7 Å². The van der Waals surface area contributed by atoms with Crippen LogP contribution in [0.15, 0.2) is 47.4 Å². The van der Waals surface area contributed by atoms with Crippen LogP contribution in [0.2, 0.25) is 0 Å². The van der Waals surface area contributed by atoms with Crippen LogP contribution in [0.3, 0.4) is 0 Å². The van der Waals surface area contributed by atoms with E-state index >= 15 is 0 Å². The van der Waals surface area contributed by atoms with Gasteiger partial charge in [0.1, 0.15) is 6.04 Å². The minimum absolute atomic E-state index is 0.0834. The first-order valence-electron chi connectivity index (χ1n) is 9.43. The molecule has 2 N–H and O–H groups in total. The molecule has 0 radical (unpaired) electrons. The Labute approximate surface area is 170 Å². The summed E-state index contributed by atoms with van der Waals surface area (Å²) in [5.41, 5.74) is 3.17. The van der Waals surface area contributed by atoms with E-state index in [1.54, 1.807) is 43.3 Å². The van der Waals surface area contributed by atoms with Gasteiger partial charge in [0.05, 0.1) is 23.1 Å². The van der Waals surface area contributed by atoms with Crippen LogP contribution >= 0.6 is 0 Å². The summed E-state index contributed by atoms with van der Waals surface area (Å²) in [6.07, 6.45) is 0.934. The molecule has 0 saturated carbocycles. The van der Waals surface area contributed by atoms with Crippen LogP contribution in [0.25, 0.3) is 0 Å². The third-order valence-electron chi connectivity index (χ3n) is 4.74. The molecule has 0 aromatic heterocycles. The van der Waals surface area contributed by atoms with Crippen LogP contribution in [-0.2, 0) is 38.9 Å². The summed E-state index contributed by atoms with van der Waals surface area (Å²) < 4.78 is 33.5. The van der Waals surface area contributed by atoms with Crippen LogP contribution in [-0.4, -0.2) is 33.6 Å². The number of nitriles is 1. The average Bonchev–Trinajstić information content (AvgIpc) is 2.73. The van der Waals surface area contributed by atoms with Crippen LogP contribution in [0.5, 0.6) is 0 Å². The van der Waals surface area contributed by atoms with Crippen LogP contribution in [0, 0.1) is 11.3 Å². The van der Waals surface area contributed by atoms with Gasteiger partial charge in [-0.05, 0) is 67.3 Å². The van der Waals surface area contributed by atoms with Gasteiger partial charge in [0.25, 0.3) is 0 Å². The highest BCUT2D eigenvalue weighted by Gasteiger charge is 2.28. The van der Waals surface area contributed by atoms with Crippen LogP contribution in [0.4, 0.5) is 0 Å². The molecular formula is C21H23N3O4S. The predicted molar refractivity (Wildman–Crippen MR) is 107 cm³/mol. The molecule has 3 rings (SSSR count). The van der Waals surface area contributed by atoms with Gasteiger partial charge in [-0.2, -0.15) is 9.98 Å². The maximum Gasteiger partial charge on any atom is 0.324 e. The number of fused-ring (bicyclic) bond motifs is 1. The highest BCUT2D eigenvalue weighted by molar-refractivity contribution is 7.89. The quantitative estimate of drug-likeness (QED) is 0.669. The largest absolute Gasteiger partial charge is 0.465 e. The van der Waals surface area contributed by atoms with Crippen molar-refractivity contribution in [2.75, 3.05) is 13.2 Å². The second kappa shape index (κ2) is 9.18. The summed E-state index contributed by atoms with van der Waals surface area (Å²) in [5, 5.41) is 12.3. The Bertz CT molecular complexity index is 1040. The van der Waals surface area contributed by atoms with E-state index in [9.17, 15) is 13.2 Å². The Balaban J connectivity index is 1.86. The molecule has 0 amide bonds. The summed E-state index contributed by atoms with van der Waals surface area (Å²) in [4.78, 5) is 12.5. The molecule has 0 fully saturated rings. The van der Waals surface area contributed by atoms with Gasteiger partial charge in [-0.15, -0.1) is 0 Å². The van der Waals surface area contributed by atoms with E-state index in [1.165, 1.54) is 0 Å². The predicted octanol–water partition coefficient (Wildman–Crippen LogP) is 1.66. The molecule has 1 unspecified atom stereocenters. The number of hydrogen-bond acceptors (Lipinski definition) is 6. The van der Waals surface area contributed by atoms with Crippen molar-refractivity contribution in [3.8, 4) is 6.07 Å². The normalized spacial score (nSPS) is 14.5. The zero-order valence-corrected chi connectivity index (χ0v) is 17.0. The van der Waals surface area contributed by atoms with Crippen molar-refractivity contribution in [3.05, 3.63) is 64.7 Å². The lowest BCUT2D eigenvalue weighted by Gasteiger charge is -2.20. The molecule has 29 heavy (non-hydrogen) atoms. The van der Waals surface area contributed by atoms with E-state index in [2.05, 4.69) is 10.0 Å². The van der Waals surface area contributed by atoms with Crippen molar-refractivity contribution < 1.29 is 17.9 Å². The zero-order chi connectivity index (χ0) is 20.9. The fourth-order valence-electron chi connectivity index (χ4n) is 3.30. The number of sulfonamides is 1. The first-order chi connectivity index (χ1) is 13.9. The Morgan fingerprint density at radius 3 is 2.86 bits per heavy atom. The molecule has 0 aliphatic carbocycles. The summed E-state index contributed by atoms with van der Waals surface area (Å²) in [6.45, 7) is 3.28. The lowest BCUT2D eigenvalue weighted by atomic mass is 10.0. The molecule has 0 saturated heterocycles. The van der Waals surface area contributed by atoms with Crippen molar-refractivity contribution in [2.24, 2.45) is 0 Å². The Morgan fingerprint density at radius 1 is 1.28 bits per heavy atom. The summed E-state index contributed by atoms with van der Waals surface area (Å²) >= 11 is 0. The third kappa shape index (κ3) is 5.21. The molecule has 0 spiro atoms. The van der Waals surface area contributed by atoms with Gasteiger partial charge in [0.15, 0.2) is 0 Å². The highest BCUT2D eigenvalue weighted by atomic mass is 32.2. The molecule has 8 heteroatoms. The van der Waals surface area contributed by atoms with Crippen molar-refractivity contribution >= 4 is 16.0 Å². The van der Waals surface area contributed by atoms with Crippen molar-refractivity contribution in [1.29, 1.82) is 5.26 Å². The van der Waals surface area contributed by atoms with Gasteiger partial charge in [0, 0.05) is 6.54 Å². The van der Waals surface area contributed by atoms with Gasteiger partial charge >= 0.3 is 5.97 Å². The van der Waals surface area contributed by atoms with Crippen molar-refractivity contribution in [3.63, 3.8) is 0 Å². The number of carbonyl (C=O) groups excluding carboxylic acids is 1. The molecule has 152 valence electrons. The molecule has 1 heterocycles. The van der Waals surface area contributed by atoms with E-state index in [-0.39, 0.29) is 17.9 Å². The number of nitrogens with zero attached hydrogens (tertiary/aromatic N) is 1. The molecule has 1 aliphatic heterocycles.